The summed E-state index contributed by atoms with van der Waals surface area (Å²) in [5, 5.41) is 10.5. The number of Topliss-reactive ketones (excluding diaryl/α,β-unsaturated/α-hetero) is 1. The van der Waals surface area contributed by atoms with E-state index in [2.05, 4.69) is 14.8 Å². The molecule has 250 valence electrons. The largest absolute Gasteiger partial charge is 0.511 e. The summed E-state index contributed by atoms with van der Waals surface area (Å²) < 4.78 is 5.29. The van der Waals surface area contributed by atoms with Crippen LogP contribution in [0, 0.1) is 0 Å². The van der Waals surface area contributed by atoms with Crippen molar-refractivity contribution >= 4 is 41.7 Å². The lowest BCUT2D eigenvalue weighted by atomic mass is 9.83. The van der Waals surface area contributed by atoms with Crippen LogP contribution in [0.15, 0.2) is 70.9 Å². The third-order valence-corrected chi connectivity index (χ3v) is 9.32. The first-order valence-electron chi connectivity index (χ1n) is 16.2. The highest BCUT2D eigenvalue weighted by atomic mass is 16.6. The van der Waals surface area contributed by atoms with Gasteiger partial charge < -0.3 is 9.84 Å². The van der Waals surface area contributed by atoms with Crippen molar-refractivity contribution in [3.05, 3.63) is 82.6 Å². The van der Waals surface area contributed by atoms with Crippen LogP contribution < -0.4 is 0 Å². The molecule has 0 aromatic heterocycles. The summed E-state index contributed by atoms with van der Waals surface area (Å²) in [4.78, 5) is 87.0. The van der Waals surface area contributed by atoms with Crippen molar-refractivity contribution in [3.63, 3.8) is 0 Å². The lowest BCUT2D eigenvalue weighted by Gasteiger charge is -2.34. The molecule has 2 aromatic carbocycles. The fraction of sp³-hybridized carbons (Fsp3) is 0.400. The highest BCUT2D eigenvalue weighted by molar-refractivity contribution is 6.24. The molecule has 6 rings (SSSR count). The number of allylic oxidation sites excluding steroid dienone is 2. The first-order chi connectivity index (χ1) is 23.2. The summed E-state index contributed by atoms with van der Waals surface area (Å²) in [5.41, 5.74) is 1.68. The van der Waals surface area contributed by atoms with Gasteiger partial charge >= 0.3 is 6.09 Å². The monoisotopic (exact) mass is 655 g/mol. The number of imide groups is 4. The third kappa shape index (κ3) is 6.83. The number of aliphatic hydroxyl groups excluding tert-OH is 1. The van der Waals surface area contributed by atoms with Crippen LogP contribution >= 0.6 is 0 Å². The number of rotatable bonds is 9. The van der Waals surface area contributed by atoms with Gasteiger partial charge in [0.2, 0.25) is 5.91 Å². The Morgan fingerprint density at radius 1 is 0.854 bits per heavy atom. The maximum atomic E-state index is 13.2. The molecule has 2 aromatic rings. The molecule has 0 spiro atoms. The molecule has 13 nitrogen and oxygen atoms in total. The molecule has 3 heterocycles. The molecule has 1 N–H and O–H groups in total. The van der Waals surface area contributed by atoms with Gasteiger partial charge in [0.05, 0.1) is 23.2 Å². The zero-order valence-electron chi connectivity index (χ0n) is 26.5. The number of carbonyl (C=O) groups is 6. The van der Waals surface area contributed by atoms with Crippen molar-refractivity contribution in [1.82, 2.24) is 19.6 Å². The normalized spacial score (nSPS) is 22.6. The Kier molecular flexibility index (Phi) is 9.88. The average molecular weight is 656 g/mol. The predicted molar refractivity (Wildman–Crippen MR) is 172 cm³/mol. The molecule has 48 heavy (non-hydrogen) atoms. The summed E-state index contributed by atoms with van der Waals surface area (Å²) in [6, 6.07) is 14.7. The molecule has 0 radical (unpaired) electrons. The minimum Gasteiger partial charge on any atom is -0.511 e. The molecule has 1 aliphatic carbocycles. The van der Waals surface area contributed by atoms with E-state index < -0.39 is 35.8 Å². The SMILES string of the molecule is O=C1CC(c2ccccc2)CC(O)=C1C=NCCN1CCN(CCOC(=O)N2C(=O)CCC(N3C(=O)c4ccccc4C3=O)C2=O)CC1. The number of likely N-dealkylation sites (tertiary alicyclic amines) is 1. The van der Waals surface area contributed by atoms with Gasteiger partial charge in [0, 0.05) is 64.7 Å². The van der Waals surface area contributed by atoms with Crippen LogP contribution in [-0.2, 0) is 19.1 Å². The molecule has 4 aliphatic rings. The summed E-state index contributed by atoms with van der Waals surface area (Å²) in [6.07, 6.45) is 0.883. The number of amides is 5. The molecule has 2 fully saturated rings. The Labute approximate surface area is 277 Å². The van der Waals surface area contributed by atoms with Gasteiger partial charge in [-0.2, -0.15) is 4.90 Å². The first-order valence-corrected chi connectivity index (χ1v) is 16.2. The number of carbonyl (C=O) groups excluding carboxylic acids is 6. The molecule has 2 saturated heterocycles. The highest BCUT2D eigenvalue weighted by Gasteiger charge is 2.49. The average Bonchev–Trinajstić information content (AvgIpc) is 3.34. The van der Waals surface area contributed by atoms with E-state index in [9.17, 15) is 33.9 Å². The van der Waals surface area contributed by atoms with Crippen LogP contribution in [0.1, 0.15) is 57.9 Å². The predicted octanol–water partition coefficient (Wildman–Crippen LogP) is 2.58. The van der Waals surface area contributed by atoms with Crippen LogP contribution in [0.25, 0.3) is 0 Å². The quantitative estimate of drug-likeness (QED) is 0.315. The van der Waals surface area contributed by atoms with Gasteiger partial charge in [-0.1, -0.05) is 42.5 Å². The second kappa shape index (κ2) is 14.4. The van der Waals surface area contributed by atoms with Gasteiger partial charge in [0.25, 0.3) is 17.7 Å². The topological polar surface area (TPSA) is 157 Å². The molecule has 2 atom stereocenters. The molecule has 0 bridgehead atoms. The molecule has 3 aliphatic heterocycles. The summed E-state index contributed by atoms with van der Waals surface area (Å²) in [5.74, 6) is -3.00. The maximum absolute atomic E-state index is 13.2. The van der Waals surface area contributed by atoms with E-state index in [-0.39, 0.29) is 53.6 Å². The Bertz CT molecular complexity index is 1650. The third-order valence-electron chi connectivity index (χ3n) is 9.32. The number of ketones is 1. The Hall–Kier alpha value is -5.01. The maximum Gasteiger partial charge on any atom is 0.423 e. The second-order valence-electron chi connectivity index (χ2n) is 12.3. The number of nitrogens with zero attached hydrogens (tertiary/aromatic N) is 5. The summed E-state index contributed by atoms with van der Waals surface area (Å²) in [7, 11) is 0. The van der Waals surface area contributed by atoms with Gasteiger partial charge in [0.15, 0.2) is 5.78 Å². The number of hydrogen-bond acceptors (Lipinski definition) is 11. The van der Waals surface area contributed by atoms with Crippen molar-refractivity contribution in [2.75, 3.05) is 52.4 Å². The zero-order chi connectivity index (χ0) is 33.8. The van der Waals surface area contributed by atoms with Gasteiger partial charge in [-0.25, -0.2) is 4.79 Å². The standard InChI is InChI=1S/C35H37N5O8/c41-29-20-24(23-6-2-1-3-7-23)21-30(42)27(29)22-36-12-13-37-14-16-38(17-15-37)18-19-48-35(47)40-31(43)11-10-28(34(40)46)39-32(44)25-8-4-5-9-26(25)33(39)45/h1-9,22,24,28,41H,10-21H2. The Balaban J connectivity index is 0.917. The van der Waals surface area contributed by atoms with E-state index >= 15 is 0 Å². The number of aliphatic imine (C=N–C) groups is 1. The molecule has 0 saturated carbocycles. The van der Waals surface area contributed by atoms with Crippen molar-refractivity contribution in [2.45, 2.75) is 37.6 Å². The minimum atomic E-state index is -1.27. The van der Waals surface area contributed by atoms with Crippen molar-refractivity contribution in [1.29, 1.82) is 0 Å². The van der Waals surface area contributed by atoms with Gasteiger partial charge in [-0.05, 0) is 30.0 Å². The zero-order valence-corrected chi connectivity index (χ0v) is 26.5. The van der Waals surface area contributed by atoms with E-state index in [0.29, 0.717) is 50.5 Å². The Morgan fingerprint density at radius 3 is 2.12 bits per heavy atom. The van der Waals surface area contributed by atoms with E-state index in [0.717, 1.165) is 23.6 Å². The molecule has 5 amide bonds. The van der Waals surface area contributed by atoms with Crippen molar-refractivity contribution in [3.8, 4) is 0 Å². The van der Waals surface area contributed by atoms with Crippen LogP contribution in [0.4, 0.5) is 4.79 Å². The smallest absolute Gasteiger partial charge is 0.423 e. The summed E-state index contributed by atoms with van der Waals surface area (Å²) in [6.45, 7) is 4.42. The molecule has 13 heteroatoms. The number of hydrogen-bond donors (Lipinski definition) is 1. The fourth-order valence-corrected chi connectivity index (χ4v) is 6.63. The van der Waals surface area contributed by atoms with E-state index in [4.69, 9.17) is 4.74 Å². The second-order valence-corrected chi connectivity index (χ2v) is 12.3. The highest BCUT2D eigenvalue weighted by Crippen LogP contribution is 2.33. The number of ether oxygens (including phenoxy) is 1. The number of fused-ring (bicyclic) bond motifs is 1. The molecular formula is C35H37N5O8. The molecular weight excluding hydrogens is 618 g/mol. The minimum absolute atomic E-state index is 0.0320. The van der Waals surface area contributed by atoms with Gasteiger partial charge in [-0.15, -0.1) is 0 Å². The van der Waals surface area contributed by atoms with Crippen molar-refractivity contribution in [2.24, 2.45) is 4.99 Å². The van der Waals surface area contributed by atoms with E-state index in [1.165, 1.54) is 18.3 Å². The van der Waals surface area contributed by atoms with Crippen LogP contribution in [-0.4, -0.2) is 125 Å². The van der Waals surface area contributed by atoms with E-state index in [1.807, 2.05) is 30.3 Å². The first kappa shape index (κ1) is 32.9. The van der Waals surface area contributed by atoms with Gasteiger partial charge in [0.1, 0.15) is 18.4 Å². The van der Waals surface area contributed by atoms with Crippen LogP contribution in [0.3, 0.4) is 0 Å². The van der Waals surface area contributed by atoms with Crippen LogP contribution in [0.5, 0.6) is 0 Å². The number of piperidine rings is 1. The lowest BCUT2D eigenvalue weighted by molar-refractivity contribution is -0.149. The fourth-order valence-electron chi connectivity index (χ4n) is 6.63. The Morgan fingerprint density at radius 2 is 1.48 bits per heavy atom. The van der Waals surface area contributed by atoms with Gasteiger partial charge in [-0.3, -0.25) is 43.7 Å². The number of piperazine rings is 1. The summed E-state index contributed by atoms with van der Waals surface area (Å²) >= 11 is 0. The van der Waals surface area contributed by atoms with Crippen molar-refractivity contribution < 1.29 is 38.6 Å². The number of benzene rings is 2. The molecule has 2 unspecified atom stereocenters. The number of aliphatic hydroxyl groups is 1. The lowest BCUT2D eigenvalue weighted by Crippen LogP contribution is -2.58. The van der Waals surface area contributed by atoms with Crippen LogP contribution in [0.2, 0.25) is 0 Å². The van der Waals surface area contributed by atoms with E-state index in [1.54, 1.807) is 12.1 Å².